The standard InChI is InChI=1S/C19H16/c1-3-4-9-14(2)19-17-12-7-5-10-15(17)16-11-6-8-13-18(16)19/h1,5-8,10-13H,4,9H2,2H3. The zero-order chi connectivity index (χ0) is 13.2. The van der Waals surface area contributed by atoms with E-state index in [0.29, 0.717) is 0 Å². The molecule has 0 heterocycles. The normalized spacial score (nSPS) is 11.7. The van der Waals surface area contributed by atoms with Crippen molar-refractivity contribution in [3.05, 3.63) is 65.2 Å². The third-order valence-corrected chi connectivity index (χ3v) is 3.75. The summed E-state index contributed by atoms with van der Waals surface area (Å²) in [6.45, 7) is 2.20. The van der Waals surface area contributed by atoms with Crippen molar-refractivity contribution in [3.8, 4) is 23.5 Å². The van der Waals surface area contributed by atoms with Crippen molar-refractivity contribution in [3.63, 3.8) is 0 Å². The first-order valence-electron chi connectivity index (χ1n) is 6.65. The molecule has 0 unspecified atom stereocenters. The maximum Gasteiger partial charge on any atom is 0.0123 e. The van der Waals surface area contributed by atoms with Crippen LogP contribution < -0.4 is 0 Å². The predicted octanol–water partition coefficient (Wildman–Crippen LogP) is 4.90. The van der Waals surface area contributed by atoms with E-state index in [4.69, 9.17) is 6.42 Å². The van der Waals surface area contributed by atoms with Crippen LogP contribution in [0.15, 0.2) is 54.1 Å². The zero-order valence-electron chi connectivity index (χ0n) is 11.1. The average Bonchev–Trinajstić information content (AvgIpc) is 2.79. The van der Waals surface area contributed by atoms with E-state index in [9.17, 15) is 0 Å². The summed E-state index contributed by atoms with van der Waals surface area (Å²) in [6.07, 6.45) is 7.16. The summed E-state index contributed by atoms with van der Waals surface area (Å²) >= 11 is 0. The largest absolute Gasteiger partial charge is 0.120 e. The number of terminal acetylenes is 1. The Bertz CT molecular complexity index is 648. The fourth-order valence-corrected chi connectivity index (χ4v) is 2.86. The van der Waals surface area contributed by atoms with Crippen molar-refractivity contribution in [2.45, 2.75) is 19.8 Å². The summed E-state index contributed by atoms with van der Waals surface area (Å²) in [6, 6.07) is 17.3. The van der Waals surface area contributed by atoms with E-state index < -0.39 is 0 Å². The molecule has 2 aromatic carbocycles. The molecule has 0 nitrogen and oxygen atoms in total. The molecule has 0 spiro atoms. The van der Waals surface area contributed by atoms with Crippen molar-refractivity contribution in [2.24, 2.45) is 0 Å². The highest BCUT2D eigenvalue weighted by Crippen LogP contribution is 2.45. The van der Waals surface area contributed by atoms with Crippen LogP contribution in [-0.4, -0.2) is 0 Å². The molecular formula is C19H16. The van der Waals surface area contributed by atoms with E-state index in [1.165, 1.54) is 33.4 Å². The van der Waals surface area contributed by atoms with Crippen LogP contribution in [0.2, 0.25) is 0 Å². The van der Waals surface area contributed by atoms with Crippen molar-refractivity contribution in [1.29, 1.82) is 0 Å². The van der Waals surface area contributed by atoms with Crippen LogP contribution in [0, 0.1) is 12.3 Å². The van der Waals surface area contributed by atoms with Crippen LogP contribution in [0.1, 0.15) is 30.9 Å². The molecule has 0 aromatic heterocycles. The van der Waals surface area contributed by atoms with Gasteiger partial charge in [-0.2, -0.15) is 0 Å². The molecule has 3 rings (SSSR count). The van der Waals surface area contributed by atoms with E-state index in [1.807, 2.05) is 0 Å². The summed E-state index contributed by atoms with van der Waals surface area (Å²) in [5.41, 5.74) is 8.13. The van der Waals surface area contributed by atoms with Crippen molar-refractivity contribution in [2.75, 3.05) is 0 Å². The molecule has 2 aromatic rings. The van der Waals surface area contributed by atoms with Crippen molar-refractivity contribution in [1.82, 2.24) is 0 Å². The van der Waals surface area contributed by atoms with Crippen molar-refractivity contribution < 1.29 is 0 Å². The van der Waals surface area contributed by atoms with Crippen LogP contribution in [0.5, 0.6) is 0 Å². The van der Waals surface area contributed by atoms with Crippen LogP contribution in [-0.2, 0) is 0 Å². The Kier molecular flexibility index (Phi) is 2.97. The minimum atomic E-state index is 0.805. The highest BCUT2D eigenvalue weighted by atomic mass is 14.3. The van der Waals surface area contributed by atoms with E-state index >= 15 is 0 Å². The van der Waals surface area contributed by atoms with Gasteiger partial charge in [-0.25, -0.2) is 0 Å². The minimum Gasteiger partial charge on any atom is -0.120 e. The van der Waals surface area contributed by atoms with Crippen LogP contribution in [0.4, 0.5) is 0 Å². The molecule has 0 radical (unpaired) electrons. The Morgan fingerprint density at radius 2 is 1.37 bits per heavy atom. The molecule has 0 heteroatoms. The smallest absolute Gasteiger partial charge is 0.0123 e. The molecule has 0 aliphatic heterocycles. The van der Waals surface area contributed by atoms with Gasteiger partial charge in [-0.3, -0.25) is 0 Å². The summed E-state index contributed by atoms with van der Waals surface area (Å²) in [5, 5.41) is 0. The van der Waals surface area contributed by atoms with Gasteiger partial charge >= 0.3 is 0 Å². The molecule has 1 aliphatic carbocycles. The van der Waals surface area contributed by atoms with Crippen LogP contribution >= 0.6 is 0 Å². The van der Waals surface area contributed by atoms with Gasteiger partial charge in [0, 0.05) is 6.42 Å². The Balaban J connectivity index is 2.23. The molecule has 0 bridgehead atoms. The summed E-state index contributed by atoms with van der Waals surface area (Å²) in [5.74, 6) is 2.74. The number of fused-ring (bicyclic) bond motifs is 3. The van der Waals surface area contributed by atoms with Crippen molar-refractivity contribution >= 4 is 5.57 Å². The topological polar surface area (TPSA) is 0 Å². The van der Waals surface area contributed by atoms with Gasteiger partial charge in [-0.1, -0.05) is 54.1 Å². The number of allylic oxidation sites excluding steroid dienone is 1. The molecule has 0 N–H and O–H groups in total. The van der Waals surface area contributed by atoms with Gasteiger partial charge in [0.25, 0.3) is 0 Å². The molecule has 0 saturated heterocycles. The lowest BCUT2D eigenvalue weighted by Crippen LogP contribution is -1.87. The van der Waals surface area contributed by atoms with E-state index in [2.05, 4.69) is 61.4 Å². The van der Waals surface area contributed by atoms with Gasteiger partial charge < -0.3 is 0 Å². The molecule has 0 amide bonds. The van der Waals surface area contributed by atoms with Crippen LogP contribution in [0.3, 0.4) is 0 Å². The third kappa shape index (κ3) is 1.88. The van der Waals surface area contributed by atoms with Gasteiger partial charge in [0.15, 0.2) is 0 Å². The number of benzene rings is 2. The fraction of sp³-hybridized carbons (Fsp3) is 0.158. The molecule has 19 heavy (non-hydrogen) atoms. The lowest BCUT2D eigenvalue weighted by molar-refractivity contribution is 1.01. The zero-order valence-corrected chi connectivity index (χ0v) is 11.1. The predicted molar refractivity (Wildman–Crippen MR) is 81.6 cm³/mol. The first-order valence-corrected chi connectivity index (χ1v) is 6.65. The first kappa shape index (κ1) is 11.8. The Hall–Kier alpha value is -2.26. The maximum absolute atomic E-state index is 5.39. The van der Waals surface area contributed by atoms with E-state index in [0.717, 1.165) is 12.8 Å². The first-order chi connectivity index (χ1) is 9.33. The van der Waals surface area contributed by atoms with Gasteiger partial charge in [0.05, 0.1) is 0 Å². The maximum atomic E-state index is 5.39. The molecule has 1 aliphatic rings. The van der Waals surface area contributed by atoms with Gasteiger partial charge in [0.1, 0.15) is 0 Å². The fourth-order valence-electron chi connectivity index (χ4n) is 2.86. The van der Waals surface area contributed by atoms with Crippen LogP contribution in [0.25, 0.3) is 16.7 Å². The number of rotatable bonds is 2. The highest BCUT2D eigenvalue weighted by molar-refractivity contribution is 6.01. The Morgan fingerprint density at radius 1 is 0.895 bits per heavy atom. The molecule has 0 atom stereocenters. The summed E-state index contributed by atoms with van der Waals surface area (Å²) < 4.78 is 0. The Labute approximate surface area is 114 Å². The summed E-state index contributed by atoms with van der Waals surface area (Å²) in [4.78, 5) is 0. The lowest BCUT2D eigenvalue weighted by Gasteiger charge is -2.08. The molecule has 92 valence electrons. The second-order valence-corrected chi connectivity index (χ2v) is 4.95. The lowest BCUT2D eigenvalue weighted by atomic mass is 9.96. The average molecular weight is 244 g/mol. The number of hydrogen-bond donors (Lipinski definition) is 0. The quantitative estimate of drug-likeness (QED) is 0.562. The summed E-state index contributed by atoms with van der Waals surface area (Å²) in [7, 11) is 0. The second-order valence-electron chi connectivity index (χ2n) is 4.95. The monoisotopic (exact) mass is 244 g/mol. The second kappa shape index (κ2) is 4.78. The minimum absolute atomic E-state index is 0.805. The highest BCUT2D eigenvalue weighted by Gasteiger charge is 2.23. The third-order valence-electron chi connectivity index (χ3n) is 3.75. The Morgan fingerprint density at radius 3 is 1.84 bits per heavy atom. The van der Waals surface area contributed by atoms with Gasteiger partial charge in [0.2, 0.25) is 0 Å². The SMILES string of the molecule is C#CCCC(C)=C1c2ccccc2-c2ccccc21. The van der Waals surface area contributed by atoms with E-state index in [1.54, 1.807) is 0 Å². The molecule has 0 saturated carbocycles. The number of hydrogen-bond acceptors (Lipinski definition) is 0. The molecule has 0 fully saturated rings. The van der Waals surface area contributed by atoms with Gasteiger partial charge in [-0.05, 0) is 41.2 Å². The van der Waals surface area contributed by atoms with Gasteiger partial charge in [-0.15, -0.1) is 12.3 Å². The molecular weight excluding hydrogens is 228 g/mol. The van der Waals surface area contributed by atoms with E-state index in [-0.39, 0.29) is 0 Å².